The lowest BCUT2D eigenvalue weighted by Gasteiger charge is -2.64. The molecule has 22 atom stereocenters. The lowest BCUT2D eigenvalue weighted by atomic mass is 9.41. The van der Waals surface area contributed by atoms with Gasteiger partial charge in [-0.25, -0.2) is 0 Å². The second kappa shape index (κ2) is 14.5. The average Bonchev–Trinajstić information content (AvgIpc) is 3.79. The molecule has 22 unspecified atom stereocenters. The molecule has 0 radical (unpaired) electrons. The van der Waals surface area contributed by atoms with Gasteiger partial charge in [0.05, 0.1) is 24.9 Å². The van der Waals surface area contributed by atoms with E-state index in [2.05, 4.69) is 27.7 Å². The summed E-state index contributed by atoms with van der Waals surface area (Å²) in [6.07, 6.45) is -10.5. The lowest BCUT2D eigenvalue weighted by molar-refractivity contribution is -0.384. The number of fused-ring (bicyclic) bond motifs is 4. The topological polar surface area (TPSA) is 255 Å². The summed E-state index contributed by atoms with van der Waals surface area (Å²) in [5, 5.41) is 99.1. The van der Waals surface area contributed by atoms with Gasteiger partial charge in [0.25, 0.3) is 0 Å². The molecule has 0 amide bonds. The molecule has 8 fully saturated rings. The fourth-order valence-corrected chi connectivity index (χ4v) is 15.3. The van der Waals surface area contributed by atoms with Crippen LogP contribution in [0.1, 0.15) is 107 Å². The van der Waals surface area contributed by atoms with Crippen molar-refractivity contribution in [1.82, 2.24) is 0 Å². The molecule has 16 heteroatoms. The number of esters is 1. The van der Waals surface area contributed by atoms with Crippen LogP contribution in [0.15, 0.2) is 0 Å². The molecular formula is C43H70O16. The van der Waals surface area contributed by atoms with E-state index < -0.39 is 114 Å². The van der Waals surface area contributed by atoms with Crippen molar-refractivity contribution in [3.8, 4) is 0 Å². The van der Waals surface area contributed by atoms with E-state index in [9.17, 15) is 50.8 Å². The minimum absolute atomic E-state index is 0.0179. The van der Waals surface area contributed by atoms with Crippen LogP contribution in [0.2, 0.25) is 0 Å². The Bertz CT molecular complexity index is 1600. The first kappa shape index (κ1) is 44.5. The van der Waals surface area contributed by atoms with Crippen LogP contribution in [0.5, 0.6) is 0 Å². The Morgan fingerprint density at radius 1 is 0.847 bits per heavy atom. The molecule has 5 aliphatic carbocycles. The van der Waals surface area contributed by atoms with Crippen LogP contribution >= 0.6 is 0 Å². The van der Waals surface area contributed by atoms with Crippen LogP contribution in [0.25, 0.3) is 0 Å². The van der Waals surface area contributed by atoms with E-state index in [1.165, 1.54) is 20.8 Å². The molecule has 59 heavy (non-hydrogen) atoms. The molecular weight excluding hydrogens is 772 g/mol. The van der Waals surface area contributed by atoms with Gasteiger partial charge in [-0.2, -0.15) is 0 Å². The first-order valence-electron chi connectivity index (χ1n) is 21.9. The summed E-state index contributed by atoms with van der Waals surface area (Å²) in [4.78, 5) is 12.4. The fourth-order valence-electron chi connectivity index (χ4n) is 15.3. The number of aliphatic hydroxyl groups is 9. The minimum atomic E-state index is -2.07. The standard InChI is InChI=1S/C43H70O16/c1-19-15-22(33(38(5,6)52)55-20(2)45)59-43(53)32(19)39(7)13-14-42-18-41(42)12-11-26(57-34-30(50)27(47)21(46)17-54-34)37(3,4)24(41)9-10-25(42)40(39,8)36(43)58-35-31(51)29(49)28(48)23(16-44)56-35/h19,21-36,44,46-53H,9-18H2,1-8H3. The summed E-state index contributed by atoms with van der Waals surface area (Å²) >= 11 is 0. The van der Waals surface area contributed by atoms with E-state index in [0.717, 1.165) is 38.5 Å². The maximum Gasteiger partial charge on any atom is 0.303 e. The van der Waals surface area contributed by atoms with E-state index in [1.807, 2.05) is 6.92 Å². The van der Waals surface area contributed by atoms with Crippen molar-refractivity contribution in [1.29, 1.82) is 0 Å². The van der Waals surface area contributed by atoms with Gasteiger partial charge in [-0.05, 0) is 105 Å². The Kier molecular flexibility index (Phi) is 10.9. The zero-order valence-corrected chi connectivity index (χ0v) is 35.8. The number of hydrogen-bond donors (Lipinski definition) is 9. The molecule has 3 saturated heterocycles. The summed E-state index contributed by atoms with van der Waals surface area (Å²) in [7, 11) is 0. The van der Waals surface area contributed by atoms with E-state index >= 15 is 0 Å². The van der Waals surface area contributed by atoms with Crippen molar-refractivity contribution in [2.24, 2.45) is 50.7 Å². The minimum Gasteiger partial charge on any atom is -0.457 e. The molecule has 8 rings (SSSR count). The molecule has 5 saturated carbocycles. The van der Waals surface area contributed by atoms with Gasteiger partial charge in [0, 0.05) is 18.3 Å². The SMILES string of the molecule is CC(=O)OC(C1CC(C)C2C(O)(O1)C(OC1OC(CO)C(O)C(O)C1O)C1(C)C3CCC4C(C)(C)C(OC5OCC(O)C(O)C5O)CCC45CC35CCC21C)C(C)(C)O. The van der Waals surface area contributed by atoms with Crippen LogP contribution in [0, 0.1) is 50.7 Å². The zero-order chi connectivity index (χ0) is 43.2. The summed E-state index contributed by atoms with van der Waals surface area (Å²) in [6, 6.07) is 0. The maximum absolute atomic E-state index is 13.5. The Morgan fingerprint density at radius 3 is 2.14 bits per heavy atom. The summed E-state index contributed by atoms with van der Waals surface area (Å²) in [6.45, 7) is 14.3. The van der Waals surface area contributed by atoms with Crippen molar-refractivity contribution < 1.29 is 79.2 Å². The molecule has 2 spiro atoms. The Hall–Kier alpha value is -1.09. The van der Waals surface area contributed by atoms with Crippen LogP contribution < -0.4 is 0 Å². The maximum atomic E-state index is 13.5. The molecule has 0 aromatic heterocycles. The number of aliphatic hydroxyl groups excluding tert-OH is 7. The van der Waals surface area contributed by atoms with Gasteiger partial charge in [0.2, 0.25) is 0 Å². The molecule has 338 valence electrons. The lowest BCUT2D eigenvalue weighted by Crippen LogP contribution is -2.65. The first-order chi connectivity index (χ1) is 27.4. The molecule has 0 bridgehead atoms. The molecule has 16 nitrogen and oxygen atoms in total. The molecule has 0 aromatic rings. The second-order valence-electron chi connectivity index (χ2n) is 21.6. The number of hydrogen-bond acceptors (Lipinski definition) is 16. The predicted molar refractivity (Wildman–Crippen MR) is 204 cm³/mol. The van der Waals surface area contributed by atoms with Gasteiger partial charge in [-0.1, -0.05) is 34.6 Å². The molecule has 8 aliphatic rings. The third-order valence-electron chi connectivity index (χ3n) is 18.0. The highest BCUT2D eigenvalue weighted by Gasteiger charge is 2.87. The van der Waals surface area contributed by atoms with E-state index in [1.54, 1.807) is 0 Å². The summed E-state index contributed by atoms with van der Waals surface area (Å²) < 4.78 is 37.6. The van der Waals surface area contributed by atoms with Crippen molar-refractivity contribution in [3.05, 3.63) is 0 Å². The molecule has 0 aromatic carbocycles. The Morgan fingerprint density at radius 2 is 1.49 bits per heavy atom. The highest BCUT2D eigenvalue weighted by Crippen LogP contribution is 2.90. The predicted octanol–water partition coefficient (Wildman–Crippen LogP) is 0.471. The van der Waals surface area contributed by atoms with Gasteiger partial charge < -0.3 is 74.4 Å². The monoisotopic (exact) mass is 842 g/mol. The first-order valence-corrected chi connectivity index (χ1v) is 21.9. The van der Waals surface area contributed by atoms with Crippen molar-refractivity contribution >= 4 is 5.97 Å². The van der Waals surface area contributed by atoms with Gasteiger partial charge in [-0.3, -0.25) is 4.79 Å². The summed E-state index contributed by atoms with van der Waals surface area (Å²) in [5.41, 5.74) is -3.61. The fraction of sp³-hybridized carbons (Fsp3) is 0.977. The van der Waals surface area contributed by atoms with Crippen LogP contribution in [-0.4, -0.2) is 156 Å². The van der Waals surface area contributed by atoms with Crippen molar-refractivity contribution in [2.75, 3.05) is 13.2 Å². The highest BCUT2D eigenvalue weighted by atomic mass is 16.7. The molecule has 3 heterocycles. The van der Waals surface area contributed by atoms with Crippen LogP contribution in [-0.2, 0) is 33.2 Å². The Labute approximate surface area is 346 Å². The van der Waals surface area contributed by atoms with Crippen molar-refractivity contribution in [2.45, 2.75) is 198 Å². The third-order valence-corrected chi connectivity index (χ3v) is 18.0. The number of carbonyl (C=O) groups is 1. The smallest absolute Gasteiger partial charge is 0.303 e. The van der Waals surface area contributed by atoms with E-state index in [-0.39, 0.29) is 46.7 Å². The zero-order valence-electron chi connectivity index (χ0n) is 35.8. The van der Waals surface area contributed by atoms with Gasteiger partial charge in [-0.15, -0.1) is 0 Å². The Balaban J connectivity index is 1.17. The average molecular weight is 843 g/mol. The van der Waals surface area contributed by atoms with Gasteiger partial charge >= 0.3 is 5.97 Å². The molecule has 3 aliphatic heterocycles. The van der Waals surface area contributed by atoms with Crippen molar-refractivity contribution in [3.63, 3.8) is 0 Å². The third kappa shape index (κ3) is 6.16. The van der Waals surface area contributed by atoms with Gasteiger partial charge in [0.15, 0.2) is 24.5 Å². The number of rotatable bonds is 8. The quantitative estimate of drug-likeness (QED) is 0.119. The van der Waals surface area contributed by atoms with E-state index in [4.69, 9.17) is 28.4 Å². The largest absolute Gasteiger partial charge is 0.457 e. The van der Waals surface area contributed by atoms with Crippen LogP contribution in [0.3, 0.4) is 0 Å². The second-order valence-corrected chi connectivity index (χ2v) is 21.6. The summed E-state index contributed by atoms with van der Waals surface area (Å²) in [5.74, 6) is -3.23. The van der Waals surface area contributed by atoms with Gasteiger partial charge in [0.1, 0.15) is 54.9 Å². The van der Waals surface area contributed by atoms with E-state index in [0.29, 0.717) is 12.8 Å². The number of ether oxygens (including phenoxy) is 6. The molecule has 9 N–H and O–H groups in total. The highest BCUT2D eigenvalue weighted by molar-refractivity contribution is 5.66. The number of carbonyl (C=O) groups excluding carboxylic acids is 1. The van der Waals surface area contributed by atoms with Crippen LogP contribution in [0.4, 0.5) is 0 Å². The normalized spacial score (nSPS) is 55.7.